The largest absolute Gasteiger partial charge is 0.394 e. The minimum Gasteiger partial charge on any atom is -0.394 e. The molecule has 4 fully saturated rings. The predicted molar refractivity (Wildman–Crippen MR) is 161 cm³/mol. The zero-order valence-electron chi connectivity index (χ0n) is 26.7. The number of aliphatic hydroxyl groups is 4. The first-order valence-corrected chi connectivity index (χ1v) is 17.1. The number of hydrogen-bond donors (Lipinski definition) is 4. The molecule has 0 radical (unpaired) electrons. The van der Waals surface area contributed by atoms with Crippen molar-refractivity contribution in [1.29, 1.82) is 0 Å². The molecule has 1 heterocycles. The molecule has 4 N–H and O–H groups in total. The fraction of sp³-hybridized carbons (Fsp3) is 0.943. The zero-order valence-corrected chi connectivity index (χ0v) is 26.7. The van der Waals surface area contributed by atoms with Crippen molar-refractivity contribution in [1.82, 2.24) is 0 Å². The molecule has 0 bridgehead atoms. The minimum atomic E-state index is -1.40. The minimum absolute atomic E-state index is 0.101. The highest BCUT2D eigenvalue weighted by Gasteiger charge is 2.59. The van der Waals surface area contributed by atoms with Gasteiger partial charge >= 0.3 is 0 Å². The molecule has 0 aromatic carbocycles. The number of rotatable bonds is 9. The Bertz CT molecular complexity index is 918. The molecule has 0 amide bonds. The van der Waals surface area contributed by atoms with Crippen molar-refractivity contribution < 1.29 is 29.9 Å². The van der Waals surface area contributed by atoms with Crippen LogP contribution in [-0.4, -0.2) is 63.8 Å². The maximum absolute atomic E-state index is 10.5. The first kappa shape index (κ1) is 31.9. The van der Waals surface area contributed by atoms with Gasteiger partial charge in [0.1, 0.15) is 24.4 Å². The van der Waals surface area contributed by atoms with Crippen molar-refractivity contribution in [3.05, 3.63) is 11.6 Å². The van der Waals surface area contributed by atoms with Gasteiger partial charge in [-0.2, -0.15) is 0 Å². The van der Waals surface area contributed by atoms with Gasteiger partial charge in [0.15, 0.2) is 6.29 Å². The fourth-order valence-electron chi connectivity index (χ4n) is 10.8. The molecule has 1 saturated heterocycles. The Balaban J connectivity index is 1.24. The summed E-state index contributed by atoms with van der Waals surface area (Å²) in [5.74, 6) is 5.66. The highest BCUT2D eigenvalue weighted by Crippen LogP contribution is 2.67. The predicted octanol–water partition coefficient (Wildman–Crippen LogP) is 5.85. The maximum Gasteiger partial charge on any atom is 0.186 e. The third-order valence-electron chi connectivity index (χ3n) is 13.5. The van der Waals surface area contributed by atoms with Gasteiger partial charge in [-0.25, -0.2) is 0 Å². The van der Waals surface area contributed by atoms with E-state index in [0.29, 0.717) is 5.41 Å². The average molecular weight is 577 g/mol. The molecule has 0 unspecified atom stereocenters. The molecule has 14 atom stereocenters. The van der Waals surface area contributed by atoms with Crippen LogP contribution in [0.25, 0.3) is 0 Å². The smallest absolute Gasteiger partial charge is 0.186 e. The molecule has 0 spiro atoms. The van der Waals surface area contributed by atoms with Crippen LogP contribution in [0, 0.1) is 52.3 Å². The van der Waals surface area contributed by atoms with Crippen molar-refractivity contribution in [2.75, 3.05) is 6.61 Å². The highest BCUT2D eigenvalue weighted by atomic mass is 16.7. The van der Waals surface area contributed by atoms with E-state index >= 15 is 0 Å². The first-order chi connectivity index (χ1) is 19.4. The topological polar surface area (TPSA) is 99.4 Å². The van der Waals surface area contributed by atoms with Crippen molar-refractivity contribution >= 4 is 0 Å². The molecule has 41 heavy (non-hydrogen) atoms. The Labute approximate surface area is 249 Å². The molecule has 0 aromatic heterocycles. The summed E-state index contributed by atoms with van der Waals surface area (Å²) in [5, 5.41) is 40.4. The molecule has 3 saturated carbocycles. The molecule has 1 aliphatic heterocycles. The summed E-state index contributed by atoms with van der Waals surface area (Å²) in [7, 11) is 0. The summed E-state index contributed by atoms with van der Waals surface area (Å²) in [5.41, 5.74) is 2.19. The van der Waals surface area contributed by atoms with Crippen molar-refractivity contribution in [2.45, 2.75) is 149 Å². The van der Waals surface area contributed by atoms with Crippen LogP contribution >= 0.6 is 0 Å². The lowest BCUT2D eigenvalue weighted by Gasteiger charge is -2.58. The second-order valence-corrected chi connectivity index (χ2v) is 15.7. The van der Waals surface area contributed by atoms with Crippen molar-refractivity contribution in [2.24, 2.45) is 52.3 Å². The Morgan fingerprint density at radius 1 is 0.951 bits per heavy atom. The van der Waals surface area contributed by atoms with Crippen LogP contribution in [0.5, 0.6) is 0 Å². The van der Waals surface area contributed by atoms with E-state index in [-0.39, 0.29) is 11.5 Å². The van der Waals surface area contributed by atoms with Gasteiger partial charge in [-0.3, -0.25) is 0 Å². The second-order valence-electron chi connectivity index (χ2n) is 15.7. The zero-order chi connectivity index (χ0) is 29.7. The standard InChI is InChI=1S/C35H60O6/c1-7-22(20(2)3)9-8-21(4)26-12-13-27-25-11-10-23-18-24(14-16-34(23,5)28(25)15-17-35(26,27)6)40-33-32(39)31(38)30(37)29(19-36)41-33/h10,20-22,24-33,36-39H,7-9,11-19H2,1-6H3/t21-,22-,24-,25+,26-,27+,28+,29-,30+,31+,32-,33-,34+,35-/m1/s1. The van der Waals surface area contributed by atoms with Crippen LogP contribution in [0.1, 0.15) is 112 Å². The average Bonchev–Trinajstić information content (AvgIpc) is 3.30. The molecule has 6 nitrogen and oxygen atoms in total. The van der Waals surface area contributed by atoms with E-state index in [9.17, 15) is 20.4 Å². The van der Waals surface area contributed by atoms with Gasteiger partial charge in [0.25, 0.3) is 0 Å². The lowest BCUT2D eigenvalue weighted by atomic mass is 9.47. The Hall–Kier alpha value is -0.500. The van der Waals surface area contributed by atoms with E-state index in [1.54, 1.807) is 0 Å². The lowest BCUT2D eigenvalue weighted by Crippen LogP contribution is -2.60. The fourth-order valence-corrected chi connectivity index (χ4v) is 10.8. The summed E-state index contributed by atoms with van der Waals surface area (Å²) in [6.07, 6.45) is 9.92. The maximum atomic E-state index is 10.5. The molecular formula is C35H60O6. The third-order valence-corrected chi connectivity index (χ3v) is 13.5. The van der Waals surface area contributed by atoms with Gasteiger partial charge in [-0.05, 0) is 110 Å². The van der Waals surface area contributed by atoms with Crippen LogP contribution in [0.15, 0.2) is 11.6 Å². The van der Waals surface area contributed by atoms with Crippen molar-refractivity contribution in [3.8, 4) is 0 Å². The second kappa shape index (κ2) is 12.5. The Morgan fingerprint density at radius 3 is 2.39 bits per heavy atom. The normalized spacial score (nSPS) is 47.7. The third kappa shape index (κ3) is 5.73. The monoisotopic (exact) mass is 576 g/mol. The number of aliphatic hydroxyl groups excluding tert-OH is 4. The van der Waals surface area contributed by atoms with Crippen LogP contribution in [0.2, 0.25) is 0 Å². The van der Waals surface area contributed by atoms with E-state index in [1.807, 2.05) is 0 Å². The number of allylic oxidation sites excluding steroid dienone is 1. The van der Waals surface area contributed by atoms with E-state index in [4.69, 9.17) is 9.47 Å². The van der Waals surface area contributed by atoms with Gasteiger partial charge in [-0.1, -0.05) is 66.0 Å². The van der Waals surface area contributed by atoms with Gasteiger partial charge < -0.3 is 29.9 Å². The lowest BCUT2D eigenvalue weighted by molar-refractivity contribution is -0.313. The molecule has 0 aromatic rings. The number of fused-ring (bicyclic) bond motifs is 5. The van der Waals surface area contributed by atoms with Gasteiger partial charge in [0, 0.05) is 0 Å². The summed E-state index contributed by atoms with van der Waals surface area (Å²) >= 11 is 0. The van der Waals surface area contributed by atoms with Gasteiger partial charge in [-0.15, -0.1) is 0 Å². The van der Waals surface area contributed by atoms with Gasteiger partial charge in [0.2, 0.25) is 0 Å². The molecular weight excluding hydrogens is 516 g/mol. The molecule has 6 heteroatoms. The highest BCUT2D eigenvalue weighted by molar-refractivity contribution is 5.25. The van der Waals surface area contributed by atoms with E-state index in [1.165, 1.54) is 56.9 Å². The molecule has 236 valence electrons. The van der Waals surface area contributed by atoms with Crippen LogP contribution in [0.3, 0.4) is 0 Å². The molecule has 5 rings (SSSR count). The number of hydrogen-bond acceptors (Lipinski definition) is 6. The van der Waals surface area contributed by atoms with Crippen LogP contribution in [0.4, 0.5) is 0 Å². The first-order valence-electron chi connectivity index (χ1n) is 17.1. The van der Waals surface area contributed by atoms with Crippen LogP contribution in [-0.2, 0) is 9.47 Å². The summed E-state index contributed by atoms with van der Waals surface area (Å²) < 4.78 is 11.9. The van der Waals surface area contributed by atoms with Crippen molar-refractivity contribution in [3.63, 3.8) is 0 Å². The number of ether oxygens (including phenoxy) is 2. The quantitative estimate of drug-likeness (QED) is 0.257. The van der Waals surface area contributed by atoms with E-state index in [0.717, 1.165) is 60.7 Å². The molecule has 4 aliphatic carbocycles. The summed E-state index contributed by atoms with van der Waals surface area (Å²) in [4.78, 5) is 0. The summed E-state index contributed by atoms with van der Waals surface area (Å²) in [6.45, 7) is 14.5. The SMILES string of the molecule is CC[C@H](CC[C@@H](C)[C@H]1CC[C@H]2[C@@H]3CC=C4C[C@H](O[C@@H]5O[C@H](CO)[C@H](O)[C@H](O)[C@H]5O)CC[C@]4(C)[C@H]3CC[C@]12C)C(C)C. The Kier molecular flexibility index (Phi) is 9.71. The molecule has 5 aliphatic rings. The van der Waals surface area contributed by atoms with Crippen LogP contribution < -0.4 is 0 Å². The summed E-state index contributed by atoms with van der Waals surface area (Å²) in [6, 6.07) is 0. The van der Waals surface area contributed by atoms with E-state index < -0.39 is 37.3 Å². The van der Waals surface area contributed by atoms with E-state index in [2.05, 4.69) is 47.6 Å². The van der Waals surface area contributed by atoms with Gasteiger partial charge in [0.05, 0.1) is 12.7 Å². The Morgan fingerprint density at radius 2 is 1.71 bits per heavy atom.